The maximum atomic E-state index is 12.9. The molecule has 1 atom stereocenters. The van der Waals surface area contributed by atoms with Crippen LogP contribution in [0.2, 0.25) is 5.02 Å². The maximum Gasteiger partial charge on any atom is 0.404 e. The van der Waals surface area contributed by atoms with Crippen molar-refractivity contribution in [1.29, 1.82) is 5.26 Å². The SMILES string of the molecule is Cc1cc(S(=O)(=O)N[C@@H](C)C(F)(F)F)cnc1-c1c(C#N)c2cc(Cl)cnc2n1C1CCCC1. The fourth-order valence-electron chi connectivity index (χ4n) is 4.34. The van der Waals surface area contributed by atoms with Gasteiger partial charge in [0, 0.05) is 23.8 Å². The topological polar surface area (TPSA) is 101 Å². The fourth-order valence-corrected chi connectivity index (χ4v) is 5.75. The van der Waals surface area contributed by atoms with E-state index in [4.69, 9.17) is 11.6 Å². The average molecular weight is 512 g/mol. The first-order valence-electron chi connectivity index (χ1n) is 10.6. The van der Waals surface area contributed by atoms with Crippen molar-refractivity contribution in [2.45, 2.75) is 62.7 Å². The number of nitrogens with one attached hydrogen (secondary N) is 1. The number of rotatable bonds is 5. The lowest BCUT2D eigenvalue weighted by atomic mass is 10.1. The largest absolute Gasteiger partial charge is 0.404 e. The van der Waals surface area contributed by atoms with Gasteiger partial charge in [-0.2, -0.15) is 23.2 Å². The minimum atomic E-state index is -4.73. The molecule has 3 heterocycles. The molecule has 0 aliphatic heterocycles. The van der Waals surface area contributed by atoms with Gasteiger partial charge >= 0.3 is 6.18 Å². The Labute approximate surface area is 199 Å². The van der Waals surface area contributed by atoms with Gasteiger partial charge in [0.15, 0.2) is 0 Å². The minimum Gasteiger partial charge on any atom is -0.320 e. The molecule has 1 fully saturated rings. The molecule has 0 bridgehead atoms. The smallest absolute Gasteiger partial charge is 0.320 e. The van der Waals surface area contributed by atoms with Crippen LogP contribution in [0.15, 0.2) is 29.4 Å². The zero-order valence-corrected chi connectivity index (χ0v) is 19.9. The van der Waals surface area contributed by atoms with Crippen LogP contribution in [0, 0.1) is 18.3 Å². The molecule has 7 nitrogen and oxygen atoms in total. The standard InChI is InChI=1S/C22H21ClF3N5O2S/c1-12-7-16(34(32,33)30-13(2)22(24,25)26)11-28-19(12)20-18(9-27)17-8-14(23)10-29-21(17)31(20)15-5-3-4-6-15/h7-8,10-11,13,15,30H,3-6H2,1-2H3/t13-/m0/s1. The summed E-state index contributed by atoms with van der Waals surface area (Å²) in [5.41, 5.74) is 2.15. The second kappa shape index (κ2) is 8.83. The zero-order valence-electron chi connectivity index (χ0n) is 18.3. The van der Waals surface area contributed by atoms with Gasteiger partial charge in [-0.25, -0.2) is 13.4 Å². The zero-order chi connectivity index (χ0) is 24.8. The van der Waals surface area contributed by atoms with Crippen LogP contribution in [0.1, 0.15) is 49.8 Å². The van der Waals surface area contributed by atoms with Crippen LogP contribution >= 0.6 is 11.6 Å². The molecule has 1 aliphatic rings. The van der Waals surface area contributed by atoms with Crippen molar-refractivity contribution >= 4 is 32.7 Å². The Bertz CT molecular complexity index is 1410. The monoisotopic (exact) mass is 511 g/mol. The van der Waals surface area contributed by atoms with E-state index < -0.39 is 27.1 Å². The van der Waals surface area contributed by atoms with Gasteiger partial charge in [0.05, 0.1) is 22.0 Å². The summed E-state index contributed by atoms with van der Waals surface area (Å²) < 4.78 is 67.3. The van der Waals surface area contributed by atoms with Crippen molar-refractivity contribution < 1.29 is 21.6 Å². The van der Waals surface area contributed by atoms with Gasteiger partial charge in [0.25, 0.3) is 0 Å². The highest BCUT2D eigenvalue weighted by molar-refractivity contribution is 7.89. The van der Waals surface area contributed by atoms with Gasteiger partial charge < -0.3 is 4.57 Å². The van der Waals surface area contributed by atoms with Crippen molar-refractivity contribution in [1.82, 2.24) is 19.3 Å². The first-order chi connectivity index (χ1) is 15.9. The van der Waals surface area contributed by atoms with Crippen molar-refractivity contribution in [3.05, 3.63) is 40.7 Å². The van der Waals surface area contributed by atoms with Crippen LogP contribution in [0.25, 0.3) is 22.4 Å². The number of alkyl halides is 3. The number of sulfonamides is 1. The molecule has 1 N–H and O–H groups in total. The van der Waals surface area contributed by atoms with E-state index in [-0.39, 0.29) is 6.04 Å². The Morgan fingerprint density at radius 3 is 2.50 bits per heavy atom. The highest BCUT2D eigenvalue weighted by Crippen LogP contribution is 2.41. The van der Waals surface area contributed by atoms with Gasteiger partial charge in [-0.05, 0) is 44.4 Å². The van der Waals surface area contributed by atoms with Crippen LogP contribution in [0.5, 0.6) is 0 Å². The Morgan fingerprint density at radius 1 is 1.24 bits per heavy atom. The number of halogens is 4. The normalized spacial score (nSPS) is 16.1. The number of nitriles is 1. The summed E-state index contributed by atoms with van der Waals surface area (Å²) in [5.74, 6) is 0. The Kier molecular flexibility index (Phi) is 6.35. The van der Waals surface area contributed by atoms with E-state index in [0.29, 0.717) is 38.6 Å². The summed E-state index contributed by atoms with van der Waals surface area (Å²) in [6, 6.07) is 2.94. The lowest BCUT2D eigenvalue weighted by molar-refractivity contribution is -0.147. The Morgan fingerprint density at radius 2 is 1.91 bits per heavy atom. The molecule has 0 saturated heterocycles. The number of hydrogen-bond acceptors (Lipinski definition) is 5. The summed E-state index contributed by atoms with van der Waals surface area (Å²) in [7, 11) is -4.47. The first-order valence-corrected chi connectivity index (χ1v) is 12.5. The highest BCUT2D eigenvalue weighted by Gasteiger charge is 2.39. The highest BCUT2D eigenvalue weighted by atomic mass is 35.5. The molecule has 0 amide bonds. The predicted molar refractivity (Wildman–Crippen MR) is 121 cm³/mol. The number of aromatic nitrogens is 3. The molecule has 1 aliphatic carbocycles. The maximum absolute atomic E-state index is 12.9. The molecule has 0 radical (unpaired) electrons. The average Bonchev–Trinajstić information content (AvgIpc) is 3.38. The van der Waals surface area contributed by atoms with E-state index in [1.165, 1.54) is 12.3 Å². The third kappa shape index (κ3) is 4.37. The first kappa shape index (κ1) is 24.4. The predicted octanol–water partition coefficient (Wildman–Crippen LogP) is 5.28. The van der Waals surface area contributed by atoms with Crippen LogP contribution < -0.4 is 4.72 Å². The number of nitrogens with zero attached hydrogens (tertiary/aromatic N) is 4. The molecule has 1 saturated carbocycles. The summed E-state index contributed by atoms with van der Waals surface area (Å²) in [6.45, 7) is 2.33. The summed E-state index contributed by atoms with van der Waals surface area (Å²) in [6.07, 6.45) is 1.59. The lowest BCUT2D eigenvalue weighted by Gasteiger charge is -2.19. The number of fused-ring (bicyclic) bond motifs is 1. The van der Waals surface area contributed by atoms with Gasteiger partial charge in [0.2, 0.25) is 10.0 Å². The van der Waals surface area contributed by atoms with Crippen LogP contribution in [-0.4, -0.2) is 35.2 Å². The van der Waals surface area contributed by atoms with Gasteiger partial charge in [-0.3, -0.25) is 4.98 Å². The van der Waals surface area contributed by atoms with Gasteiger partial charge in [-0.15, -0.1) is 0 Å². The molecule has 12 heteroatoms. The molecule has 4 rings (SSSR count). The summed E-state index contributed by atoms with van der Waals surface area (Å²) >= 11 is 6.14. The van der Waals surface area contributed by atoms with Crippen molar-refractivity contribution in [2.75, 3.05) is 0 Å². The van der Waals surface area contributed by atoms with Gasteiger partial charge in [-0.1, -0.05) is 24.4 Å². The molecule has 180 valence electrons. The van der Waals surface area contributed by atoms with E-state index in [1.807, 2.05) is 4.57 Å². The summed E-state index contributed by atoms with van der Waals surface area (Å²) in [4.78, 5) is 8.38. The molecule has 0 spiro atoms. The quantitative estimate of drug-likeness (QED) is 0.502. The van der Waals surface area contributed by atoms with E-state index in [0.717, 1.165) is 38.8 Å². The van der Waals surface area contributed by atoms with E-state index in [2.05, 4.69) is 16.0 Å². The number of hydrogen-bond donors (Lipinski definition) is 1. The Hall–Kier alpha value is -2.68. The molecule has 3 aromatic rings. The van der Waals surface area contributed by atoms with Crippen LogP contribution in [-0.2, 0) is 10.0 Å². The molecule has 3 aromatic heterocycles. The third-order valence-electron chi connectivity index (χ3n) is 6.02. The lowest BCUT2D eigenvalue weighted by Crippen LogP contribution is -2.43. The second-order valence-corrected chi connectivity index (χ2v) is 10.5. The van der Waals surface area contributed by atoms with E-state index >= 15 is 0 Å². The van der Waals surface area contributed by atoms with Gasteiger partial charge in [0.1, 0.15) is 22.7 Å². The van der Waals surface area contributed by atoms with Crippen LogP contribution in [0.3, 0.4) is 0 Å². The van der Waals surface area contributed by atoms with E-state index in [9.17, 15) is 26.9 Å². The van der Waals surface area contributed by atoms with Crippen molar-refractivity contribution in [3.63, 3.8) is 0 Å². The number of pyridine rings is 2. The molecular weight excluding hydrogens is 491 g/mol. The van der Waals surface area contributed by atoms with Crippen molar-refractivity contribution in [3.8, 4) is 17.5 Å². The fraction of sp³-hybridized carbons (Fsp3) is 0.409. The van der Waals surface area contributed by atoms with Crippen LogP contribution in [0.4, 0.5) is 13.2 Å². The molecular formula is C22H21ClF3N5O2S. The molecule has 34 heavy (non-hydrogen) atoms. The van der Waals surface area contributed by atoms with Crippen molar-refractivity contribution in [2.24, 2.45) is 0 Å². The summed E-state index contributed by atoms with van der Waals surface area (Å²) in [5, 5.41) is 10.9. The third-order valence-corrected chi connectivity index (χ3v) is 7.74. The number of aryl methyl sites for hydroxylation is 1. The second-order valence-electron chi connectivity index (χ2n) is 8.39. The molecule has 0 aromatic carbocycles. The van der Waals surface area contributed by atoms with E-state index in [1.54, 1.807) is 17.7 Å². The Balaban J connectivity index is 1.87. The minimum absolute atomic E-state index is 0.0761. The molecule has 0 unspecified atom stereocenters.